The van der Waals surface area contributed by atoms with Crippen LogP contribution in [-0.4, -0.2) is 28.5 Å². The van der Waals surface area contributed by atoms with Crippen LogP contribution in [0.2, 0.25) is 0 Å². The average molecular weight is 298 g/mol. The number of alkyl halides is 2. The number of rotatable bonds is 3. The van der Waals surface area contributed by atoms with Gasteiger partial charge in [-0.2, -0.15) is 0 Å². The van der Waals surface area contributed by atoms with Crippen molar-refractivity contribution in [3.63, 3.8) is 0 Å². The van der Waals surface area contributed by atoms with Crippen LogP contribution < -0.4 is 0 Å². The molecule has 1 aliphatic carbocycles. The number of hydrogen-bond donors (Lipinski definition) is 1. The van der Waals surface area contributed by atoms with Crippen molar-refractivity contribution in [2.75, 3.05) is 0 Å². The average Bonchev–Trinajstić information content (AvgIpc) is 2.38. The molecule has 0 bridgehead atoms. The Labute approximate surface area is 122 Å². The Morgan fingerprint density at radius 3 is 2.60 bits per heavy atom. The van der Waals surface area contributed by atoms with Crippen LogP contribution in [0.5, 0.6) is 0 Å². The van der Waals surface area contributed by atoms with Gasteiger partial charge in [-0.3, -0.25) is 9.79 Å². The van der Waals surface area contributed by atoms with Gasteiger partial charge in [0, 0.05) is 12.1 Å². The summed E-state index contributed by atoms with van der Waals surface area (Å²) >= 11 is 6.10. The number of aliphatic carboxylic acids is 1. The topological polar surface area (TPSA) is 49.7 Å². The predicted octanol–water partition coefficient (Wildman–Crippen LogP) is 3.37. The number of carboxylic acid groups (broad SMARTS) is 1. The van der Waals surface area contributed by atoms with E-state index in [2.05, 4.69) is 4.99 Å². The zero-order chi connectivity index (χ0) is 15.0. The highest BCUT2D eigenvalue weighted by Crippen LogP contribution is 2.52. The Bertz CT molecular complexity index is 526. The van der Waals surface area contributed by atoms with Gasteiger partial charge in [0.1, 0.15) is 5.50 Å². The molecule has 4 unspecified atom stereocenters. The molecule has 5 heteroatoms. The van der Waals surface area contributed by atoms with Crippen molar-refractivity contribution in [2.45, 2.75) is 25.0 Å². The van der Waals surface area contributed by atoms with Gasteiger partial charge in [0.25, 0.3) is 0 Å². The summed E-state index contributed by atoms with van der Waals surface area (Å²) in [6.07, 6.45) is 10.4. The fourth-order valence-corrected chi connectivity index (χ4v) is 3.31. The normalized spacial score (nSPS) is 39.5. The SMILES string of the molecule is CC(C)C1C=CC=CC1(F)C1(C(=O)O)C=CC=NC1Cl. The smallest absolute Gasteiger partial charge is 0.320 e. The maximum absolute atomic E-state index is 15.8. The lowest BCUT2D eigenvalue weighted by Crippen LogP contribution is -2.58. The van der Waals surface area contributed by atoms with Crippen LogP contribution >= 0.6 is 11.6 Å². The summed E-state index contributed by atoms with van der Waals surface area (Å²) < 4.78 is 15.8. The molecule has 1 heterocycles. The summed E-state index contributed by atoms with van der Waals surface area (Å²) in [7, 11) is 0. The van der Waals surface area contributed by atoms with Crippen molar-refractivity contribution in [3.8, 4) is 0 Å². The summed E-state index contributed by atoms with van der Waals surface area (Å²) in [5, 5.41) is 9.67. The van der Waals surface area contributed by atoms with Crippen LogP contribution in [0.15, 0.2) is 41.4 Å². The molecule has 108 valence electrons. The van der Waals surface area contributed by atoms with Crippen LogP contribution in [0.1, 0.15) is 13.8 Å². The lowest BCUT2D eigenvalue weighted by molar-refractivity contribution is -0.155. The first-order valence-corrected chi connectivity index (χ1v) is 6.93. The number of carbonyl (C=O) groups is 1. The van der Waals surface area contributed by atoms with Crippen LogP contribution in [0.25, 0.3) is 0 Å². The third kappa shape index (κ3) is 1.94. The number of halogens is 2. The molecule has 0 aromatic rings. The van der Waals surface area contributed by atoms with E-state index in [0.717, 1.165) is 0 Å². The molecule has 2 aliphatic rings. The molecular weight excluding hydrogens is 281 g/mol. The van der Waals surface area contributed by atoms with Crippen molar-refractivity contribution >= 4 is 23.8 Å². The van der Waals surface area contributed by atoms with Crippen molar-refractivity contribution in [3.05, 3.63) is 36.5 Å². The molecule has 2 rings (SSSR count). The lowest BCUT2D eigenvalue weighted by Gasteiger charge is -2.46. The van der Waals surface area contributed by atoms with E-state index in [1.165, 1.54) is 30.5 Å². The van der Waals surface area contributed by atoms with Gasteiger partial charge in [0.05, 0.1) is 0 Å². The maximum Gasteiger partial charge on any atom is 0.320 e. The number of nitrogens with zero attached hydrogens (tertiary/aromatic N) is 1. The maximum atomic E-state index is 15.8. The van der Waals surface area contributed by atoms with Crippen molar-refractivity contribution in [1.82, 2.24) is 0 Å². The third-order valence-corrected chi connectivity index (χ3v) is 4.45. The van der Waals surface area contributed by atoms with Crippen molar-refractivity contribution in [2.24, 2.45) is 22.2 Å². The Hall–Kier alpha value is -1.42. The number of allylic oxidation sites excluding steroid dienone is 5. The molecule has 0 aromatic heterocycles. The van der Waals surface area contributed by atoms with Gasteiger partial charge in [-0.15, -0.1) is 0 Å². The van der Waals surface area contributed by atoms with E-state index < -0.39 is 28.5 Å². The second-order valence-electron chi connectivity index (χ2n) is 5.45. The van der Waals surface area contributed by atoms with Gasteiger partial charge in [-0.1, -0.05) is 49.8 Å². The highest BCUT2D eigenvalue weighted by atomic mass is 35.5. The molecule has 1 N–H and O–H groups in total. The molecule has 0 saturated heterocycles. The second-order valence-corrected chi connectivity index (χ2v) is 5.86. The first kappa shape index (κ1) is 15.0. The molecule has 0 aromatic carbocycles. The van der Waals surface area contributed by atoms with Gasteiger partial charge in [-0.25, -0.2) is 4.39 Å². The molecule has 1 aliphatic heterocycles. The van der Waals surface area contributed by atoms with E-state index in [9.17, 15) is 9.90 Å². The Morgan fingerprint density at radius 1 is 1.35 bits per heavy atom. The van der Waals surface area contributed by atoms with Crippen LogP contribution in [0.3, 0.4) is 0 Å². The Morgan fingerprint density at radius 2 is 2.05 bits per heavy atom. The van der Waals surface area contributed by atoms with E-state index in [1.807, 2.05) is 13.8 Å². The molecule has 0 amide bonds. The number of aliphatic imine (C=N–C) groups is 1. The van der Waals surface area contributed by atoms with E-state index in [0.29, 0.717) is 0 Å². The minimum atomic E-state index is -2.12. The summed E-state index contributed by atoms with van der Waals surface area (Å²) in [6.45, 7) is 3.72. The molecule has 0 spiro atoms. The summed E-state index contributed by atoms with van der Waals surface area (Å²) in [5.74, 6) is -1.96. The van der Waals surface area contributed by atoms with Gasteiger partial charge in [0.2, 0.25) is 0 Å². The molecule has 3 nitrogen and oxygen atoms in total. The lowest BCUT2D eigenvalue weighted by atomic mass is 9.61. The van der Waals surface area contributed by atoms with Gasteiger partial charge >= 0.3 is 5.97 Å². The highest BCUT2D eigenvalue weighted by Gasteiger charge is 2.63. The van der Waals surface area contributed by atoms with Gasteiger partial charge in [-0.05, 0) is 18.1 Å². The molecule has 0 saturated carbocycles. The molecule has 20 heavy (non-hydrogen) atoms. The van der Waals surface area contributed by atoms with Crippen LogP contribution in [0, 0.1) is 17.3 Å². The number of dihydropyridines is 1. The number of hydrogen-bond acceptors (Lipinski definition) is 2. The molecular formula is C15H17ClFNO2. The molecule has 0 fully saturated rings. The summed E-state index contributed by atoms with van der Waals surface area (Å²) in [4.78, 5) is 15.7. The van der Waals surface area contributed by atoms with Crippen molar-refractivity contribution in [1.29, 1.82) is 0 Å². The highest BCUT2D eigenvalue weighted by molar-refractivity contribution is 6.23. The summed E-state index contributed by atoms with van der Waals surface area (Å²) in [6, 6.07) is 0. The number of carboxylic acids is 1. The van der Waals surface area contributed by atoms with E-state index in [4.69, 9.17) is 11.6 Å². The zero-order valence-corrected chi connectivity index (χ0v) is 12.1. The Balaban J connectivity index is 2.61. The molecule has 4 atom stereocenters. The largest absolute Gasteiger partial charge is 0.480 e. The fourth-order valence-electron chi connectivity index (χ4n) is 2.92. The van der Waals surface area contributed by atoms with Crippen molar-refractivity contribution < 1.29 is 14.3 Å². The quantitative estimate of drug-likeness (QED) is 0.641. The predicted molar refractivity (Wildman–Crippen MR) is 77.8 cm³/mol. The third-order valence-electron chi connectivity index (χ3n) is 4.00. The second kappa shape index (κ2) is 5.17. The minimum absolute atomic E-state index is 0.0689. The minimum Gasteiger partial charge on any atom is -0.480 e. The van der Waals surface area contributed by atoms with E-state index >= 15 is 4.39 Å². The standard InChI is InChI=1S/C15H17ClFNO2/c1-10(2)11-6-3-4-8-15(11,17)14(13(19)20)7-5-9-18-12(14)16/h3-12H,1-2H3,(H,19,20). The van der Waals surface area contributed by atoms with Gasteiger partial charge < -0.3 is 5.11 Å². The summed E-state index contributed by atoms with van der Waals surface area (Å²) in [5.41, 5.74) is -5.21. The first-order chi connectivity index (χ1) is 9.36. The van der Waals surface area contributed by atoms with Crippen LogP contribution in [0.4, 0.5) is 4.39 Å². The van der Waals surface area contributed by atoms with E-state index in [-0.39, 0.29) is 5.92 Å². The zero-order valence-electron chi connectivity index (χ0n) is 11.3. The van der Waals surface area contributed by atoms with Gasteiger partial charge in [0.15, 0.2) is 11.1 Å². The fraction of sp³-hybridized carbons (Fsp3) is 0.467. The Kier molecular flexibility index (Phi) is 3.87. The monoisotopic (exact) mass is 297 g/mol. The van der Waals surface area contributed by atoms with E-state index in [1.54, 1.807) is 12.2 Å². The van der Waals surface area contributed by atoms with Crippen LogP contribution in [-0.2, 0) is 4.79 Å². The molecule has 0 radical (unpaired) electrons. The first-order valence-electron chi connectivity index (χ1n) is 6.49.